The Morgan fingerprint density at radius 3 is 1.98 bits per heavy atom. The second-order valence-electron chi connectivity index (χ2n) is 10.6. The van der Waals surface area contributed by atoms with E-state index in [0.717, 1.165) is 13.0 Å². The van der Waals surface area contributed by atoms with Crippen LogP contribution in [-0.2, 0) is 6.54 Å². The lowest BCUT2D eigenvalue weighted by atomic mass is 9.93. The molecule has 2 nitrogen and oxygen atoms in total. The minimum Gasteiger partial charge on any atom is -0.336 e. The zero-order valence-corrected chi connectivity index (χ0v) is 22.2. The number of rotatable bonds is 3. The van der Waals surface area contributed by atoms with Gasteiger partial charge in [0.05, 0.1) is 11.0 Å². The molecule has 0 spiro atoms. The Morgan fingerprint density at radius 1 is 0.550 bits per heavy atom. The lowest BCUT2D eigenvalue weighted by Crippen LogP contribution is -2.25. The molecule has 1 aromatic heterocycles. The molecule has 0 saturated carbocycles. The molecule has 0 radical (unpaired) electrons. The van der Waals surface area contributed by atoms with Gasteiger partial charge in [0.25, 0.3) is 0 Å². The van der Waals surface area contributed by atoms with Gasteiger partial charge in [0.15, 0.2) is 0 Å². The Balaban J connectivity index is 1.15. The van der Waals surface area contributed by atoms with E-state index in [9.17, 15) is 0 Å². The van der Waals surface area contributed by atoms with Gasteiger partial charge < -0.3 is 9.47 Å². The zero-order chi connectivity index (χ0) is 26.5. The molecule has 40 heavy (non-hydrogen) atoms. The van der Waals surface area contributed by atoms with Crippen LogP contribution in [0, 0.1) is 0 Å². The summed E-state index contributed by atoms with van der Waals surface area (Å²) in [6.45, 7) is 0.875. The maximum absolute atomic E-state index is 2.44. The highest BCUT2D eigenvalue weighted by Gasteiger charge is 2.23. The number of hydrogen-bond donors (Lipinski definition) is 0. The van der Waals surface area contributed by atoms with Gasteiger partial charge in [-0.3, -0.25) is 0 Å². The minimum absolute atomic E-state index is 0.875. The summed E-state index contributed by atoms with van der Waals surface area (Å²) in [5.41, 5.74) is 12.7. The van der Waals surface area contributed by atoms with Crippen molar-refractivity contribution in [2.75, 3.05) is 4.90 Å². The van der Waals surface area contributed by atoms with E-state index in [1.165, 1.54) is 66.7 Å². The first-order valence-corrected chi connectivity index (χ1v) is 14.0. The molecule has 1 aliphatic carbocycles. The lowest BCUT2D eigenvalue weighted by molar-refractivity contribution is 0.921. The highest BCUT2D eigenvalue weighted by atomic mass is 15.1. The first kappa shape index (κ1) is 22.9. The molecule has 2 heterocycles. The van der Waals surface area contributed by atoms with Crippen LogP contribution in [0.2, 0.25) is 0 Å². The summed E-state index contributed by atoms with van der Waals surface area (Å²) >= 11 is 0. The summed E-state index contributed by atoms with van der Waals surface area (Å²) in [5, 5.41) is 2.58. The molecule has 6 aromatic rings. The van der Waals surface area contributed by atoms with Crippen LogP contribution in [0.3, 0.4) is 0 Å². The van der Waals surface area contributed by atoms with Crippen LogP contribution in [0.1, 0.15) is 17.5 Å². The molecule has 5 aromatic carbocycles. The third-order valence-corrected chi connectivity index (χ3v) is 8.30. The maximum atomic E-state index is 2.44. The number of aromatic nitrogens is 1. The third-order valence-electron chi connectivity index (χ3n) is 8.30. The van der Waals surface area contributed by atoms with Gasteiger partial charge in [0.1, 0.15) is 0 Å². The Hall–Kier alpha value is -5.08. The Labute approximate surface area is 234 Å². The molecule has 1 aliphatic heterocycles. The second-order valence-corrected chi connectivity index (χ2v) is 10.6. The van der Waals surface area contributed by atoms with Crippen molar-refractivity contribution in [2.24, 2.45) is 0 Å². The summed E-state index contributed by atoms with van der Waals surface area (Å²) in [6, 6.07) is 43.9. The number of fused-ring (bicyclic) bond motifs is 6. The number of hydrogen-bond acceptors (Lipinski definition) is 1. The van der Waals surface area contributed by atoms with Gasteiger partial charge in [-0.2, -0.15) is 0 Å². The van der Waals surface area contributed by atoms with Crippen molar-refractivity contribution in [2.45, 2.75) is 13.0 Å². The van der Waals surface area contributed by atoms with Crippen molar-refractivity contribution in [1.29, 1.82) is 0 Å². The summed E-state index contributed by atoms with van der Waals surface area (Å²) in [6.07, 6.45) is 10.1. The van der Waals surface area contributed by atoms with E-state index in [1.807, 2.05) is 0 Å². The molecule has 0 bridgehead atoms. The van der Waals surface area contributed by atoms with Gasteiger partial charge in [-0.25, -0.2) is 0 Å². The van der Waals surface area contributed by atoms with Crippen molar-refractivity contribution in [3.8, 4) is 16.8 Å². The van der Waals surface area contributed by atoms with E-state index in [-0.39, 0.29) is 0 Å². The maximum Gasteiger partial charge on any atom is 0.0541 e. The average molecular weight is 513 g/mol. The fourth-order valence-corrected chi connectivity index (χ4v) is 6.38. The van der Waals surface area contributed by atoms with Gasteiger partial charge in [0.2, 0.25) is 0 Å². The lowest BCUT2D eigenvalue weighted by Gasteiger charge is -2.33. The standard InChI is InChI=1S/C38H28N2/c1-2-13-32-29(10-1)26-39(36-17-6-3-14-33(32)36)30-12-9-11-27(20-23-30)28-21-24-31(25-22-28)40-37-18-7-4-15-34(37)35-16-5-8-19-38(35)40/h1-10,12-25H,11,26H2. The number of anilines is 1. The third kappa shape index (κ3) is 3.65. The van der Waals surface area contributed by atoms with E-state index in [2.05, 4.69) is 155 Å². The molecule has 2 aliphatic rings. The van der Waals surface area contributed by atoms with Crippen LogP contribution in [0.5, 0.6) is 0 Å². The second kappa shape index (κ2) is 9.29. The molecule has 0 N–H and O–H groups in total. The van der Waals surface area contributed by atoms with Gasteiger partial charge in [-0.1, -0.05) is 103 Å². The van der Waals surface area contributed by atoms with E-state index in [4.69, 9.17) is 0 Å². The van der Waals surface area contributed by atoms with Crippen molar-refractivity contribution in [3.63, 3.8) is 0 Å². The molecular formula is C38H28N2. The smallest absolute Gasteiger partial charge is 0.0541 e. The first-order valence-electron chi connectivity index (χ1n) is 14.0. The molecule has 190 valence electrons. The van der Waals surface area contributed by atoms with Gasteiger partial charge in [-0.05, 0) is 71.2 Å². The van der Waals surface area contributed by atoms with Gasteiger partial charge in [-0.15, -0.1) is 0 Å². The first-order chi connectivity index (χ1) is 19.8. The van der Waals surface area contributed by atoms with Gasteiger partial charge >= 0.3 is 0 Å². The summed E-state index contributed by atoms with van der Waals surface area (Å²) in [4.78, 5) is 2.44. The zero-order valence-electron chi connectivity index (χ0n) is 22.2. The monoisotopic (exact) mass is 512 g/mol. The van der Waals surface area contributed by atoms with E-state index in [1.54, 1.807) is 0 Å². The molecule has 0 unspecified atom stereocenters. The molecule has 2 heteroatoms. The van der Waals surface area contributed by atoms with E-state index < -0.39 is 0 Å². The quantitative estimate of drug-likeness (QED) is 0.229. The number of para-hydroxylation sites is 3. The molecule has 8 rings (SSSR count). The minimum atomic E-state index is 0.875. The molecule has 0 atom stereocenters. The fraction of sp³-hybridized carbons (Fsp3) is 0.0526. The van der Waals surface area contributed by atoms with Crippen molar-refractivity contribution in [3.05, 3.63) is 162 Å². The summed E-state index contributed by atoms with van der Waals surface area (Å²) in [7, 11) is 0. The number of allylic oxidation sites excluding steroid dienone is 5. The number of benzene rings is 5. The van der Waals surface area contributed by atoms with E-state index in [0.29, 0.717) is 0 Å². The molecule has 0 amide bonds. The molecule has 0 fully saturated rings. The Morgan fingerprint density at radius 2 is 1.20 bits per heavy atom. The Bertz CT molecular complexity index is 1950. The van der Waals surface area contributed by atoms with Gasteiger partial charge in [0, 0.05) is 40.0 Å². The highest BCUT2D eigenvalue weighted by Crippen LogP contribution is 2.41. The van der Waals surface area contributed by atoms with Crippen LogP contribution in [0.4, 0.5) is 5.69 Å². The fourth-order valence-electron chi connectivity index (χ4n) is 6.38. The SMILES string of the molecule is C1=CC(N2Cc3ccccc3-c3ccccc32)=CC=C(c2ccc(-n3c4ccccc4c4ccccc43)cc2)C1. The van der Waals surface area contributed by atoms with Crippen molar-refractivity contribution < 1.29 is 0 Å². The average Bonchev–Trinajstić information content (AvgIpc) is 3.16. The molecule has 0 saturated heterocycles. The predicted octanol–water partition coefficient (Wildman–Crippen LogP) is 9.70. The van der Waals surface area contributed by atoms with E-state index >= 15 is 0 Å². The van der Waals surface area contributed by atoms with Crippen LogP contribution in [-0.4, -0.2) is 4.57 Å². The Kier molecular flexibility index (Phi) is 5.31. The van der Waals surface area contributed by atoms with Crippen LogP contribution in [0.25, 0.3) is 44.2 Å². The molecular weight excluding hydrogens is 484 g/mol. The van der Waals surface area contributed by atoms with Crippen molar-refractivity contribution in [1.82, 2.24) is 4.57 Å². The normalized spacial score (nSPS) is 14.4. The largest absolute Gasteiger partial charge is 0.336 e. The van der Waals surface area contributed by atoms with Crippen LogP contribution in [0.15, 0.2) is 151 Å². The van der Waals surface area contributed by atoms with Crippen LogP contribution >= 0.6 is 0 Å². The summed E-state index contributed by atoms with van der Waals surface area (Å²) in [5.74, 6) is 0. The van der Waals surface area contributed by atoms with Crippen LogP contribution < -0.4 is 4.90 Å². The number of nitrogens with zero attached hydrogens (tertiary/aromatic N) is 2. The highest BCUT2D eigenvalue weighted by molar-refractivity contribution is 6.09. The summed E-state index contributed by atoms with van der Waals surface area (Å²) < 4.78 is 2.37. The predicted molar refractivity (Wildman–Crippen MR) is 169 cm³/mol. The topological polar surface area (TPSA) is 8.17 Å². The van der Waals surface area contributed by atoms with Crippen molar-refractivity contribution >= 4 is 33.1 Å².